The Morgan fingerprint density at radius 1 is 0.487 bits per heavy atom. The van der Waals surface area contributed by atoms with Gasteiger partial charge in [-0.25, -0.2) is 0 Å². The number of aryl methyl sites for hydroxylation is 9. The van der Waals surface area contributed by atoms with E-state index in [2.05, 4.69) is 358 Å². The maximum Gasteiger partial charge on any atom is 0.126 e. The zero-order chi connectivity index (χ0) is 79.9. The first-order chi connectivity index (χ1) is 54.7. The van der Waals surface area contributed by atoms with Crippen molar-refractivity contribution < 1.29 is 19.7 Å². The van der Waals surface area contributed by atoms with Gasteiger partial charge in [0.15, 0.2) is 0 Å². The van der Waals surface area contributed by atoms with Gasteiger partial charge in [0, 0.05) is 132 Å². The number of halogens is 2. The molecule has 0 aromatic heterocycles. The molecule has 588 valence electrons. The zero-order valence-corrected chi connectivity index (χ0v) is 72.0. The van der Waals surface area contributed by atoms with Crippen molar-refractivity contribution in [3.63, 3.8) is 0 Å². The van der Waals surface area contributed by atoms with Gasteiger partial charge in [0.2, 0.25) is 0 Å². The highest BCUT2D eigenvalue weighted by Crippen LogP contribution is 2.44. The fourth-order valence-corrected chi connectivity index (χ4v) is 16.6. The Hall–Kier alpha value is -9.74. The first kappa shape index (κ1) is 84.2. The normalized spacial score (nSPS) is 12.6. The van der Waals surface area contributed by atoms with E-state index in [4.69, 9.17) is 16.1 Å². The van der Waals surface area contributed by atoms with Crippen LogP contribution in [0.25, 0.3) is 0 Å². The van der Waals surface area contributed by atoms with E-state index in [0.717, 1.165) is 123 Å². The number of phenols is 2. The van der Waals surface area contributed by atoms with Crippen molar-refractivity contribution in [1.29, 1.82) is 0 Å². The number of phenolic OH excluding ortho intramolecular Hbond substituents is 2. The smallest absolute Gasteiger partial charge is 0.126 e. The Bertz CT molecular complexity index is 4980. The van der Waals surface area contributed by atoms with E-state index in [1.165, 1.54) is 89.0 Å². The van der Waals surface area contributed by atoms with E-state index in [0.29, 0.717) is 89.7 Å². The second kappa shape index (κ2) is 41.3. The van der Waals surface area contributed by atoms with Crippen LogP contribution in [-0.4, -0.2) is 45.5 Å². The summed E-state index contributed by atoms with van der Waals surface area (Å²) >= 11 is 7.46. The lowest BCUT2D eigenvalue weighted by Crippen LogP contribution is -2.27. The molecule has 10 heteroatoms. The Kier molecular flexibility index (Phi) is 30.8. The molecular formula is C103H118Br2N4O4. The number of alkyl halides is 2. The molecule has 0 bridgehead atoms. The molecule has 0 amide bonds. The van der Waals surface area contributed by atoms with Crippen LogP contribution in [0.4, 0.5) is 17.1 Å². The van der Waals surface area contributed by atoms with Crippen LogP contribution in [0.3, 0.4) is 0 Å². The second-order valence-electron chi connectivity index (χ2n) is 31.3. The van der Waals surface area contributed by atoms with Crippen molar-refractivity contribution in [2.45, 2.75) is 186 Å². The van der Waals surface area contributed by atoms with Crippen LogP contribution in [0.2, 0.25) is 0 Å². The monoisotopic (exact) mass is 1630 g/mol. The summed E-state index contributed by atoms with van der Waals surface area (Å²) in [5.41, 5.74) is 29.7. The van der Waals surface area contributed by atoms with Crippen LogP contribution in [0.5, 0.6) is 17.2 Å². The van der Waals surface area contributed by atoms with Crippen molar-refractivity contribution >= 4 is 48.9 Å². The van der Waals surface area contributed by atoms with Gasteiger partial charge in [-0.05, 0) is 223 Å². The fourth-order valence-electron chi connectivity index (χ4n) is 15.8. The van der Waals surface area contributed by atoms with Gasteiger partial charge in [-0.3, -0.25) is 0 Å². The minimum atomic E-state index is -0.118. The maximum atomic E-state index is 14.1. The van der Waals surface area contributed by atoms with Gasteiger partial charge < -0.3 is 39.3 Å². The SMILES string of the molecule is C=C(OCCCCBr)C(=C/C(=C\C)N(Cc1ccccc1)Cc1ccc(C)cc1C)Cc1cc(N(Cc2ccc(C)cc2C)C(C)c2ccc(C)cc2C)cc(Cc2cc(N(Cc3ccccc3)Cc3ccc(C)cc3C)cc(Cc3cc(N(CC4=CC=CCC4)Cc4ccccc4)cc(CC)c3O)c2OCCCCBr)c1O. The average molecular weight is 1640 g/mol. The molecule has 0 heterocycles. The Labute approximate surface area is 693 Å². The molecule has 0 spiro atoms. The molecule has 1 unspecified atom stereocenters. The third-order valence-electron chi connectivity index (χ3n) is 22.3. The Morgan fingerprint density at radius 2 is 0.956 bits per heavy atom. The molecule has 10 aromatic carbocycles. The number of rotatable bonds is 39. The third-order valence-corrected chi connectivity index (χ3v) is 23.4. The summed E-state index contributed by atoms with van der Waals surface area (Å²) in [7, 11) is 0. The predicted octanol–water partition coefficient (Wildman–Crippen LogP) is 25.9. The van der Waals surface area contributed by atoms with Gasteiger partial charge in [-0.15, -0.1) is 0 Å². The zero-order valence-electron chi connectivity index (χ0n) is 68.8. The van der Waals surface area contributed by atoms with E-state index in [-0.39, 0.29) is 11.8 Å². The molecule has 0 saturated carbocycles. The van der Waals surface area contributed by atoms with Gasteiger partial charge in [0.25, 0.3) is 0 Å². The van der Waals surface area contributed by atoms with Crippen LogP contribution >= 0.6 is 31.9 Å². The molecule has 0 fully saturated rings. The predicted molar refractivity (Wildman–Crippen MR) is 484 cm³/mol. The summed E-state index contributed by atoms with van der Waals surface area (Å²) in [6, 6.07) is 73.0. The quantitative estimate of drug-likeness (QED) is 0.0171. The number of aromatic hydroxyl groups is 2. The molecular weight excluding hydrogens is 1520 g/mol. The topological polar surface area (TPSA) is 71.9 Å². The third kappa shape index (κ3) is 23.3. The Balaban J connectivity index is 1.17. The number of benzene rings is 10. The summed E-state index contributed by atoms with van der Waals surface area (Å²) in [5, 5.41) is 28.7. The number of hydrogen-bond acceptors (Lipinski definition) is 8. The van der Waals surface area contributed by atoms with Gasteiger partial charge in [0.1, 0.15) is 23.0 Å². The van der Waals surface area contributed by atoms with Crippen LogP contribution in [-0.2, 0) is 69.7 Å². The lowest BCUT2D eigenvalue weighted by atomic mass is 9.91. The highest BCUT2D eigenvalue weighted by molar-refractivity contribution is 9.09. The van der Waals surface area contributed by atoms with E-state index >= 15 is 0 Å². The number of unbranched alkanes of at least 4 members (excludes halogenated alkanes) is 2. The van der Waals surface area contributed by atoms with E-state index in [1.54, 1.807) is 0 Å². The summed E-state index contributed by atoms with van der Waals surface area (Å²) in [6.07, 6.45) is 18.3. The fraction of sp³-hybridized carbons (Fsp3) is 0.320. The molecule has 1 aliphatic rings. The molecule has 1 atom stereocenters. The van der Waals surface area contributed by atoms with Gasteiger partial charge in [-0.2, -0.15) is 0 Å². The van der Waals surface area contributed by atoms with Gasteiger partial charge >= 0.3 is 0 Å². The van der Waals surface area contributed by atoms with Crippen molar-refractivity contribution in [3.8, 4) is 17.2 Å². The number of allylic oxidation sites excluding steroid dienone is 6. The molecule has 0 radical (unpaired) electrons. The number of hydrogen-bond donors (Lipinski definition) is 2. The first-order valence-corrected chi connectivity index (χ1v) is 43.0. The minimum absolute atomic E-state index is 0.118. The second-order valence-corrected chi connectivity index (χ2v) is 32.9. The lowest BCUT2D eigenvalue weighted by Gasteiger charge is -2.34. The van der Waals surface area contributed by atoms with Crippen molar-refractivity contribution in [2.75, 3.05) is 45.1 Å². The van der Waals surface area contributed by atoms with E-state index < -0.39 is 0 Å². The minimum Gasteiger partial charge on any atom is -0.507 e. The molecule has 11 rings (SSSR count). The summed E-state index contributed by atoms with van der Waals surface area (Å²) in [6.45, 7) is 34.5. The van der Waals surface area contributed by atoms with Crippen LogP contribution < -0.4 is 19.4 Å². The highest BCUT2D eigenvalue weighted by atomic mass is 79.9. The van der Waals surface area contributed by atoms with E-state index in [9.17, 15) is 10.2 Å². The Morgan fingerprint density at radius 3 is 1.47 bits per heavy atom. The summed E-state index contributed by atoms with van der Waals surface area (Å²) < 4.78 is 14.3. The first-order valence-electron chi connectivity index (χ1n) is 40.8. The van der Waals surface area contributed by atoms with Crippen LogP contribution in [0.15, 0.2) is 260 Å². The van der Waals surface area contributed by atoms with Crippen molar-refractivity contribution in [2.24, 2.45) is 0 Å². The standard InChI is InChI=1S/C103H118Br2N4O4/c1-13-86-58-97(106(65-82-31-19-15-20-32-82)66-83-33-21-16-22-34-83)60-92(101(86)110)56-94-63-98(108(68-85-37-25-18-26-38-85)70-88-44-40-73(4)52-77(88)8)64-95(103(94)113-50-30-28-48-105)57-93-62-99(109(71-89-45-41-74(5)53-78(89)9)80(11)100-46-42-75(6)54-79(100)10)61-91(102(93)111)55-90(81(12)112-49-29-27-47-104)59-96(14-2)107(67-84-35-23-17-24-36-84)69-87-43-39-72(3)51-76(87)7/h14-21,23-26,31-33,35-46,51-54,58-64,80,110-111H,12-13,22,27-30,34,47-50,55-57,65-71H2,1-11H3/b90-59?,96-14+. The number of ether oxygens (including phenoxy) is 2. The van der Waals surface area contributed by atoms with Crippen molar-refractivity contribution in [1.82, 2.24) is 4.90 Å². The van der Waals surface area contributed by atoms with Crippen LogP contribution in [0, 0.1) is 55.4 Å². The largest absolute Gasteiger partial charge is 0.507 e. The summed E-state index contributed by atoms with van der Waals surface area (Å²) in [4.78, 5) is 10.0. The van der Waals surface area contributed by atoms with E-state index in [1.807, 2.05) is 0 Å². The molecule has 8 nitrogen and oxygen atoms in total. The average Bonchev–Trinajstić information content (AvgIpc) is 0.774. The van der Waals surface area contributed by atoms with Gasteiger partial charge in [-0.1, -0.05) is 261 Å². The molecule has 2 N–H and O–H groups in total. The number of nitrogens with zero attached hydrogens (tertiary/aromatic N) is 4. The maximum absolute atomic E-state index is 14.1. The molecule has 10 aromatic rings. The van der Waals surface area contributed by atoms with Gasteiger partial charge in [0.05, 0.1) is 19.3 Å². The highest BCUT2D eigenvalue weighted by Gasteiger charge is 2.28. The van der Waals surface area contributed by atoms with Crippen LogP contribution in [0.1, 0.15) is 182 Å². The molecule has 1 aliphatic carbocycles. The molecule has 113 heavy (non-hydrogen) atoms. The number of anilines is 3. The molecule has 0 aliphatic heterocycles. The lowest BCUT2D eigenvalue weighted by molar-refractivity contribution is 0.215. The molecule has 0 saturated heterocycles. The van der Waals surface area contributed by atoms with Crippen molar-refractivity contribution in [3.05, 3.63) is 377 Å². The summed E-state index contributed by atoms with van der Waals surface area (Å²) in [5.74, 6) is 1.82.